The second kappa shape index (κ2) is 5.38. The van der Waals surface area contributed by atoms with E-state index < -0.39 is 0 Å². The summed E-state index contributed by atoms with van der Waals surface area (Å²) in [5.74, 6) is 0. The van der Waals surface area contributed by atoms with Gasteiger partial charge in [-0.05, 0) is 74.9 Å². The maximum absolute atomic E-state index is 4.80. The molecule has 3 aromatic carbocycles. The second-order valence-electron chi connectivity index (χ2n) is 8.71. The van der Waals surface area contributed by atoms with Crippen molar-refractivity contribution in [2.24, 2.45) is 0 Å². The lowest BCUT2D eigenvalue weighted by Crippen LogP contribution is -1.93. The molecule has 0 fully saturated rings. The third kappa shape index (κ3) is 1.89. The Labute approximate surface area is 178 Å². The first-order valence-electron chi connectivity index (χ1n) is 10.8. The maximum Gasteiger partial charge on any atom is 0.145 e. The minimum atomic E-state index is 0.988. The molecule has 0 N–H and O–H groups in total. The van der Waals surface area contributed by atoms with Crippen LogP contribution in [0.3, 0.4) is 0 Å². The first-order chi connectivity index (χ1) is 15.4. The predicted octanol–water partition coefficient (Wildman–Crippen LogP) is 6.18. The van der Waals surface area contributed by atoms with Crippen molar-refractivity contribution in [2.45, 2.75) is 12.8 Å². The van der Waals surface area contributed by atoms with Crippen LogP contribution in [0.25, 0.3) is 49.6 Å². The average molecular weight is 395 g/mol. The lowest BCUT2D eigenvalue weighted by Gasteiger charge is -2.13. The van der Waals surface area contributed by atoms with Crippen molar-refractivity contribution in [3.05, 3.63) is 102 Å². The van der Waals surface area contributed by atoms with Crippen molar-refractivity contribution in [2.75, 3.05) is 0 Å². The van der Waals surface area contributed by atoms with E-state index in [0.717, 1.165) is 24.0 Å². The van der Waals surface area contributed by atoms with E-state index in [1.807, 2.05) is 18.6 Å². The molecule has 2 aliphatic rings. The van der Waals surface area contributed by atoms with Crippen LogP contribution >= 0.6 is 0 Å². The van der Waals surface area contributed by atoms with Crippen LogP contribution in [0, 0.1) is 0 Å². The molecule has 0 aliphatic heterocycles. The molecule has 8 rings (SSSR count). The number of fused-ring (bicyclic) bond motifs is 13. The molecule has 0 atom stereocenters. The lowest BCUT2D eigenvalue weighted by atomic mass is 9.94. The topological polar surface area (TPSA) is 30.2 Å². The minimum Gasteiger partial charge on any atom is -0.299 e. The number of hydrogen-bond acceptors (Lipinski definition) is 2. The minimum absolute atomic E-state index is 0.988. The van der Waals surface area contributed by atoms with Gasteiger partial charge in [-0.25, -0.2) is 4.98 Å². The van der Waals surface area contributed by atoms with Crippen molar-refractivity contribution >= 4 is 27.3 Å². The van der Waals surface area contributed by atoms with Crippen molar-refractivity contribution in [3.63, 3.8) is 0 Å². The van der Waals surface area contributed by atoms with E-state index in [1.54, 1.807) is 0 Å². The Kier molecular flexibility index (Phi) is 2.74. The first kappa shape index (κ1) is 15.8. The van der Waals surface area contributed by atoms with Gasteiger partial charge in [-0.2, -0.15) is 0 Å². The summed E-state index contributed by atoms with van der Waals surface area (Å²) in [5, 5.41) is 3.65. The zero-order chi connectivity index (χ0) is 20.1. The molecule has 3 aromatic heterocycles. The van der Waals surface area contributed by atoms with E-state index in [-0.39, 0.29) is 0 Å². The number of imidazole rings is 1. The summed E-state index contributed by atoms with van der Waals surface area (Å²) in [6.07, 6.45) is 9.84. The van der Waals surface area contributed by atoms with Crippen LogP contribution in [0.15, 0.2) is 79.4 Å². The molecule has 3 nitrogen and oxygen atoms in total. The van der Waals surface area contributed by atoms with E-state index in [2.05, 4.69) is 70.2 Å². The number of hydrogen-bond donors (Lipinski definition) is 0. The fourth-order valence-electron chi connectivity index (χ4n) is 5.86. The Morgan fingerprint density at radius 3 is 2.61 bits per heavy atom. The zero-order valence-corrected chi connectivity index (χ0v) is 16.8. The Hall–Kier alpha value is -3.98. The van der Waals surface area contributed by atoms with Crippen molar-refractivity contribution in [3.8, 4) is 22.3 Å². The van der Waals surface area contributed by atoms with E-state index in [1.165, 1.54) is 60.7 Å². The number of nitrogens with zero attached hydrogens (tertiary/aromatic N) is 3. The SMILES string of the molecule is c1ccc2c(c1)Cc1cc3c(cc1-2)-c1c(ccc2c4cnccc4n4ccnc4c12)C3. The van der Waals surface area contributed by atoms with Gasteiger partial charge in [0.25, 0.3) is 0 Å². The monoisotopic (exact) mass is 395 g/mol. The van der Waals surface area contributed by atoms with Crippen molar-refractivity contribution in [1.82, 2.24) is 14.4 Å². The van der Waals surface area contributed by atoms with Crippen LogP contribution in [0.4, 0.5) is 0 Å². The number of benzene rings is 3. The number of aromatic nitrogens is 3. The molecule has 3 heteroatoms. The molecule has 0 radical (unpaired) electrons. The van der Waals surface area contributed by atoms with Crippen molar-refractivity contribution in [1.29, 1.82) is 0 Å². The highest BCUT2D eigenvalue weighted by Gasteiger charge is 2.27. The summed E-state index contributed by atoms with van der Waals surface area (Å²) in [6.45, 7) is 0. The highest BCUT2D eigenvalue weighted by atomic mass is 15.0. The summed E-state index contributed by atoms with van der Waals surface area (Å²) >= 11 is 0. The molecule has 0 saturated carbocycles. The van der Waals surface area contributed by atoms with E-state index >= 15 is 0 Å². The van der Waals surface area contributed by atoms with E-state index in [0.29, 0.717) is 0 Å². The third-order valence-electron chi connectivity index (χ3n) is 7.17. The number of rotatable bonds is 0. The zero-order valence-electron chi connectivity index (χ0n) is 16.8. The van der Waals surface area contributed by atoms with Crippen LogP contribution in [-0.4, -0.2) is 14.4 Å². The Morgan fingerprint density at radius 2 is 1.61 bits per heavy atom. The molecule has 144 valence electrons. The van der Waals surface area contributed by atoms with E-state index in [9.17, 15) is 0 Å². The summed E-state index contributed by atoms with van der Waals surface area (Å²) in [5.41, 5.74) is 13.4. The highest BCUT2D eigenvalue weighted by molar-refractivity contribution is 6.18. The molecular weight excluding hydrogens is 378 g/mol. The predicted molar refractivity (Wildman–Crippen MR) is 124 cm³/mol. The Morgan fingerprint density at radius 1 is 0.710 bits per heavy atom. The van der Waals surface area contributed by atoms with Crippen LogP contribution in [0.2, 0.25) is 0 Å². The van der Waals surface area contributed by atoms with Crippen LogP contribution in [0.5, 0.6) is 0 Å². The number of pyridine rings is 2. The van der Waals surface area contributed by atoms with Gasteiger partial charge in [0.15, 0.2) is 0 Å². The normalized spacial score (nSPS) is 13.5. The highest BCUT2D eigenvalue weighted by Crippen LogP contribution is 2.48. The largest absolute Gasteiger partial charge is 0.299 e. The molecule has 0 amide bonds. The molecule has 31 heavy (non-hydrogen) atoms. The lowest BCUT2D eigenvalue weighted by molar-refractivity contribution is 1.21. The summed E-state index contributed by atoms with van der Waals surface area (Å²) in [7, 11) is 0. The van der Waals surface area contributed by atoms with Crippen LogP contribution < -0.4 is 0 Å². The van der Waals surface area contributed by atoms with Gasteiger partial charge in [0, 0.05) is 35.6 Å². The van der Waals surface area contributed by atoms with Crippen LogP contribution in [-0.2, 0) is 12.8 Å². The first-order valence-corrected chi connectivity index (χ1v) is 10.8. The second-order valence-corrected chi connectivity index (χ2v) is 8.71. The van der Waals surface area contributed by atoms with Gasteiger partial charge in [0.05, 0.1) is 5.52 Å². The molecule has 0 saturated heterocycles. The molecular formula is C28H17N3. The Balaban J connectivity index is 1.53. The average Bonchev–Trinajstić information content (AvgIpc) is 3.52. The molecule has 2 aliphatic carbocycles. The third-order valence-corrected chi connectivity index (χ3v) is 7.17. The maximum atomic E-state index is 4.80. The smallest absolute Gasteiger partial charge is 0.145 e. The molecule has 3 heterocycles. The molecule has 0 spiro atoms. The quantitative estimate of drug-likeness (QED) is 0.287. The summed E-state index contributed by atoms with van der Waals surface area (Å²) in [6, 6.07) is 20.4. The fourth-order valence-corrected chi connectivity index (χ4v) is 5.86. The molecule has 0 bridgehead atoms. The van der Waals surface area contributed by atoms with Gasteiger partial charge in [-0.15, -0.1) is 0 Å². The summed E-state index contributed by atoms with van der Waals surface area (Å²) in [4.78, 5) is 9.23. The van der Waals surface area contributed by atoms with Gasteiger partial charge >= 0.3 is 0 Å². The van der Waals surface area contributed by atoms with Gasteiger partial charge in [-0.1, -0.05) is 42.5 Å². The van der Waals surface area contributed by atoms with Gasteiger partial charge in [0.2, 0.25) is 0 Å². The van der Waals surface area contributed by atoms with Gasteiger partial charge in [-0.3, -0.25) is 9.38 Å². The van der Waals surface area contributed by atoms with Crippen LogP contribution in [0.1, 0.15) is 22.3 Å². The van der Waals surface area contributed by atoms with Gasteiger partial charge < -0.3 is 0 Å². The Bertz CT molecular complexity index is 1740. The van der Waals surface area contributed by atoms with E-state index in [4.69, 9.17) is 4.98 Å². The standard InChI is InChI=1S/C28H17N3/c1-2-4-20-16(3-1)11-18-13-19-12-17-5-6-21-24-15-29-8-7-25(24)31-10-9-30-28(31)27(21)26(17)23(19)14-22(18)20/h1-10,13-15H,11-12H2. The molecule has 6 aromatic rings. The molecule has 0 unspecified atom stereocenters. The van der Waals surface area contributed by atoms with Gasteiger partial charge in [0.1, 0.15) is 5.65 Å². The summed E-state index contributed by atoms with van der Waals surface area (Å²) < 4.78 is 2.21. The fraction of sp³-hybridized carbons (Fsp3) is 0.0714. The van der Waals surface area contributed by atoms with Crippen molar-refractivity contribution < 1.29 is 0 Å².